The molecule has 0 radical (unpaired) electrons. The summed E-state index contributed by atoms with van der Waals surface area (Å²) in [6.07, 6.45) is 2.71. The Bertz CT molecular complexity index is 653. The molecule has 0 aliphatic carbocycles. The Hall–Kier alpha value is -2.75. The number of aromatic nitrogens is 3. The third-order valence-electron chi connectivity index (χ3n) is 3.51. The highest BCUT2D eigenvalue weighted by Gasteiger charge is 2.22. The third kappa shape index (κ3) is 2.96. The number of nitro groups is 1. The Morgan fingerprint density at radius 2 is 2.14 bits per heavy atom. The molecule has 0 aromatic carbocycles. The van der Waals surface area contributed by atoms with E-state index < -0.39 is 4.92 Å². The van der Waals surface area contributed by atoms with Crippen LogP contribution in [0.4, 0.5) is 17.5 Å². The molecule has 10 nitrogen and oxygen atoms in total. The van der Waals surface area contributed by atoms with Crippen molar-refractivity contribution in [1.82, 2.24) is 20.0 Å². The van der Waals surface area contributed by atoms with Gasteiger partial charge in [-0.3, -0.25) is 15.0 Å². The fraction of sp³-hybridized carbons (Fsp3) is 0.417. The molecule has 3 heterocycles. The molecule has 1 aliphatic heterocycles. The second-order valence-electron chi connectivity index (χ2n) is 4.95. The summed E-state index contributed by atoms with van der Waals surface area (Å²) in [4.78, 5) is 22.4. The lowest BCUT2D eigenvalue weighted by molar-refractivity contribution is -0.384. The number of nitrogens with two attached hydrogens (primary N) is 1. The first-order chi connectivity index (χ1) is 10.6. The molecule has 10 heteroatoms. The summed E-state index contributed by atoms with van der Waals surface area (Å²) >= 11 is 0. The summed E-state index contributed by atoms with van der Waals surface area (Å²) in [5, 5.41) is 14.6. The third-order valence-corrected chi connectivity index (χ3v) is 3.51. The molecule has 2 aromatic rings. The maximum Gasteiger partial charge on any atom is 0.329 e. The fourth-order valence-corrected chi connectivity index (χ4v) is 2.33. The molecule has 22 heavy (non-hydrogen) atoms. The van der Waals surface area contributed by atoms with Crippen LogP contribution < -0.4 is 10.6 Å². The first-order valence-corrected chi connectivity index (χ1v) is 6.77. The fourth-order valence-electron chi connectivity index (χ4n) is 2.33. The zero-order valence-corrected chi connectivity index (χ0v) is 11.8. The summed E-state index contributed by atoms with van der Waals surface area (Å²) in [7, 11) is 0. The number of nitrogen functional groups attached to an aromatic ring is 1. The van der Waals surface area contributed by atoms with E-state index in [1.54, 1.807) is 6.26 Å². The van der Waals surface area contributed by atoms with Crippen LogP contribution in [0.5, 0.6) is 0 Å². The van der Waals surface area contributed by atoms with Crippen molar-refractivity contribution in [2.45, 2.75) is 6.54 Å². The van der Waals surface area contributed by atoms with Gasteiger partial charge in [0.2, 0.25) is 11.8 Å². The van der Waals surface area contributed by atoms with E-state index in [-0.39, 0.29) is 11.5 Å². The zero-order chi connectivity index (χ0) is 15.5. The van der Waals surface area contributed by atoms with E-state index in [4.69, 9.17) is 10.3 Å². The molecule has 2 aromatic heterocycles. The van der Waals surface area contributed by atoms with Crippen molar-refractivity contribution in [2.75, 3.05) is 36.8 Å². The molecule has 1 aliphatic rings. The Kier molecular flexibility index (Phi) is 3.83. The minimum Gasteiger partial charge on any atom is -0.378 e. The predicted molar refractivity (Wildman–Crippen MR) is 77.1 cm³/mol. The van der Waals surface area contributed by atoms with Crippen molar-refractivity contribution in [2.24, 2.45) is 0 Å². The Morgan fingerprint density at radius 1 is 1.36 bits per heavy atom. The molecule has 2 N–H and O–H groups in total. The Labute approximate surface area is 125 Å². The zero-order valence-electron chi connectivity index (χ0n) is 11.8. The lowest BCUT2D eigenvalue weighted by Gasteiger charge is -2.34. The van der Waals surface area contributed by atoms with Crippen LogP contribution in [-0.4, -0.2) is 51.1 Å². The second-order valence-corrected chi connectivity index (χ2v) is 4.95. The van der Waals surface area contributed by atoms with Gasteiger partial charge in [-0.1, -0.05) is 5.16 Å². The van der Waals surface area contributed by atoms with Gasteiger partial charge in [0.15, 0.2) is 0 Å². The quantitative estimate of drug-likeness (QED) is 0.625. The van der Waals surface area contributed by atoms with Crippen LogP contribution >= 0.6 is 0 Å². The van der Waals surface area contributed by atoms with Crippen LogP contribution in [0.2, 0.25) is 0 Å². The van der Waals surface area contributed by atoms with Gasteiger partial charge in [0.1, 0.15) is 12.5 Å². The highest BCUT2D eigenvalue weighted by atomic mass is 16.6. The molecule has 1 saturated heterocycles. The average molecular weight is 305 g/mol. The molecule has 0 bridgehead atoms. The maximum absolute atomic E-state index is 10.7. The number of piperazine rings is 1. The predicted octanol–water partition coefficient (Wildman–Crippen LogP) is 0.277. The first kappa shape index (κ1) is 14.2. The van der Waals surface area contributed by atoms with Gasteiger partial charge in [-0.25, -0.2) is 4.98 Å². The number of anilines is 2. The SMILES string of the molecule is Nc1nc(N2CCN(Cc3ccon3)CC2)ncc1[N+](=O)[O-]. The van der Waals surface area contributed by atoms with Crippen LogP contribution in [0.25, 0.3) is 0 Å². The molecule has 0 spiro atoms. The standard InChI is InChI=1S/C12H15N7O3/c13-11-10(19(20)21)7-14-12(15-11)18-4-2-17(3-5-18)8-9-1-6-22-16-9/h1,6-7H,2-5,8H2,(H2,13,14,15). The van der Waals surface area contributed by atoms with Crippen LogP contribution in [0.1, 0.15) is 5.69 Å². The number of hydrogen-bond donors (Lipinski definition) is 1. The van der Waals surface area contributed by atoms with E-state index in [2.05, 4.69) is 20.0 Å². The van der Waals surface area contributed by atoms with Gasteiger partial charge in [0, 0.05) is 38.8 Å². The number of nitrogens with zero attached hydrogens (tertiary/aromatic N) is 6. The molecule has 0 atom stereocenters. The highest BCUT2D eigenvalue weighted by molar-refractivity contribution is 5.53. The Balaban J connectivity index is 1.61. The van der Waals surface area contributed by atoms with Crippen molar-refractivity contribution in [3.05, 3.63) is 34.3 Å². The van der Waals surface area contributed by atoms with E-state index >= 15 is 0 Å². The summed E-state index contributed by atoms with van der Waals surface area (Å²) in [5.41, 5.74) is 6.22. The molecule has 3 rings (SSSR count). The highest BCUT2D eigenvalue weighted by Crippen LogP contribution is 2.21. The van der Waals surface area contributed by atoms with E-state index in [1.165, 1.54) is 0 Å². The van der Waals surface area contributed by atoms with Crippen LogP contribution in [0.15, 0.2) is 23.0 Å². The van der Waals surface area contributed by atoms with Gasteiger partial charge in [0.25, 0.3) is 0 Å². The lowest BCUT2D eigenvalue weighted by atomic mass is 10.3. The van der Waals surface area contributed by atoms with Crippen LogP contribution in [0.3, 0.4) is 0 Å². The molecular formula is C12H15N7O3. The second kappa shape index (κ2) is 5.93. The van der Waals surface area contributed by atoms with Crippen molar-refractivity contribution < 1.29 is 9.45 Å². The number of rotatable bonds is 4. The average Bonchev–Trinajstić information content (AvgIpc) is 3.00. The van der Waals surface area contributed by atoms with Crippen molar-refractivity contribution in [1.29, 1.82) is 0 Å². The minimum absolute atomic E-state index is 0.111. The van der Waals surface area contributed by atoms with Crippen molar-refractivity contribution in [3.8, 4) is 0 Å². The maximum atomic E-state index is 10.7. The summed E-state index contributed by atoms with van der Waals surface area (Å²) in [6, 6.07) is 1.84. The van der Waals surface area contributed by atoms with Crippen molar-refractivity contribution >= 4 is 17.5 Å². The monoisotopic (exact) mass is 305 g/mol. The van der Waals surface area contributed by atoms with Crippen molar-refractivity contribution in [3.63, 3.8) is 0 Å². The molecule has 0 saturated carbocycles. The molecule has 1 fully saturated rings. The van der Waals surface area contributed by atoms with Gasteiger partial charge in [-0.05, 0) is 0 Å². The molecule has 0 unspecified atom stereocenters. The smallest absolute Gasteiger partial charge is 0.329 e. The van der Waals surface area contributed by atoms with E-state index in [1.807, 2.05) is 11.0 Å². The van der Waals surface area contributed by atoms with E-state index in [0.29, 0.717) is 5.95 Å². The van der Waals surface area contributed by atoms with E-state index in [0.717, 1.165) is 44.6 Å². The molecule has 116 valence electrons. The van der Waals surface area contributed by atoms with Gasteiger partial charge < -0.3 is 15.2 Å². The lowest BCUT2D eigenvalue weighted by Crippen LogP contribution is -2.46. The number of hydrogen-bond acceptors (Lipinski definition) is 9. The summed E-state index contributed by atoms with van der Waals surface area (Å²) in [5.74, 6) is 0.309. The van der Waals surface area contributed by atoms with Crippen LogP contribution in [0, 0.1) is 10.1 Å². The topological polar surface area (TPSA) is 127 Å². The van der Waals surface area contributed by atoms with Crippen LogP contribution in [-0.2, 0) is 6.54 Å². The first-order valence-electron chi connectivity index (χ1n) is 6.77. The molecule has 0 amide bonds. The minimum atomic E-state index is -0.588. The normalized spacial score (nSPS) is 15.9. The van der Waals surface area contributed by atoms with Gasteiger partial charge in [-0.15, -0.1) is 0 Å². The molecular weight excluding hydrogens is 290 g/mol. The Morgan fingerprint density at radius 3 is 2.73 bits per heavy atom. The van der Waals surface area contributed by atoms with Gasteiger partial charge in [-0.2, -0.15) is 4.98 Å². The largest absolute Gasteiger partial charge is 0.378 e. The van der Waals surface area contributed by atoms with Gasteiger partial charge in [0.05, 0.1) is 10.6 Å². The van der Waals surface area contributed by atoms with E-state index in [9.17, 15) is 10.1 Å². The summed E-state index contributed by atoms with van der Waals surface area (Å²) in [6.45, 7) is 3.79. The summed E-state index contributed by atoms with van der Waals surface area (Å²) < 4.78 is 4.81. The van der Waals surface area contributed by atoms with Gasteiger partial charge >= 0.3 is 5.69 Å².